The number of methoxy groups -OCH3 is 1. The van der Waals surface area contributed by atoms with Gasteiger partial charge in [0.1, 0.15) is 11.3 Å². The zero-order valence-corrected chi connectivity index (χ0v) is 10.4. The van der Waals surface area contributed by atoms with Crippen LogP contribution in [0.3, 0.4) is 0 Å². The fourth-order valence-electron chi connectivity index (χ4n) is 1.40. The molecule has 0 aliphatic rings. The highest BCUT2D eigenvalue weighted by molar-refractivity contribution is 6.01. The number of allylic oxidation sites excluding steroid dienone is 1. The van der Waals surface area contributed by atoms with Gasteiger partial charge in [0.2, 0.25) is 0 Å². The van der Waals surface area contributed by atoms with Gasteiger partial charge in [-0.3, -0.25) is 4.79 Å². The Labute approximate surface area is 101 Å². The molecule has 0 aromatic heterocycles. The van der Waals surface area contributed by atoms with E-state index in [0.717, 1.165) is 5.57 Å². The fourth-order valence-corrected chi connectivity index (χ4v) is 1.40. The van der Waals surface area contributed by atoms with Gasteiger partial charge in [-0.25, -0.2) is 0 Å². The van der Waals surface area contributed by atoms with Crippen LogP contribution in [0.2, 0.25) is 0 Å². The Balaban J connectivity index is 2.85. The van der Waals surface area contributed by atoms with Gasteiger partial charge in [-0.15, -0.1) is 0 Å². The van der Waals surface area contributed by atoms with Crippen LogP contribution in [0.15, 0.2) is 29.8 Å². The first-order valence-corrected chi connectivity index (χ1v) is 5.40. The van der Waals surface area contributed by atoms with Crippen molar-refractivity contribution in [1.29, 1.82) is 0 Å². The molecular formula is C13H18N2O2. The van der Waals surface area contributed by atoms with Crippen molar-refractivity contribution < 1.29 is 9.53 Å². The van der Waals surface area contributed by atoms with Gasteiger partial charge in [0.25, 0.3) is 5.91 Å². The summed E-state index contributed by atoms with van der Waals surface area (Å²) < 4.78 is 5.12. The lowest BCUT2D eigenvalue weighted by atomic mass is 10.1. The lowest BCUT2D eigenvalue weighted by Crippen LogP contribution is -2.25. The van der Waals surface area contributed by atoms with Crippen LogP contribution in [0.4, 0.5) is 5.69 Å². The van der Waals surface area contributed by atoms with Gasteiger partial charge in [0.15, 0.2) is 0 Å². The van der Waals surface area contributed by atoms with E-state index in [-0.39, 0.29) is 5.91 Å². The molecule has 0 atom stereocenters. The monoisotopic (exact) mass is 234 g/mol. The molecule has 4 nitrogen and oxygen atoms in total. The number of nitrogens with one attached hydrogen (secondary N) is 1. The summed E-state index contributed by atoms with van der Waals surface area (Å²) in [5.41, 5.74) is 7.73. The molecule has 0 heterocycles. The predicted octanol–water partition coefficient (Wildman–Crippen LogP) is 1.97. The molecule has 1 rings (SSSR count). The lowest BCUT2D eigenvalue weighted by Gasteiger charge is -2.10. The number of hydrogen-bond donors (Lipinski definition) is 2. The smallest absolute Gasteiger partial charge is 0.257 e. The fraction of sp³-hybridized carbons (Fsp3) is 0.308. The molecule has 3 N–H and O–H groups in total. The first kappa shape index (κ1) is 13.1. The van der Waals surface area contributed by atoms with Crippen LogP contribution >= 0.6 is 0 Å². The number of amides is 1. The minimum atomic E-state index is -0.225. The van der Waals surface area contributed by atoms with E-state index in [4.69, 9.17) is 10.5 Å². The van der Waals surface area contributed by atoms with Crippen LogP contribution in [0.25, 0.3) is 0 Å². The second kappa shape index (κ2) is 5.94. The van der Waals surface area contributed by atoms with Crippen molar-refractivity contribution in [3.63, 3.8) is 0 Å². The van der Waals surface area contributed by atoms with Gasteiger partial charge in [0, 0.05) is 12.2 Å². The molecule has 92 valence electrons. The number of rotatable bonds is 4. The van der Waals surface area contributed by atoms with Crippen LogP contribution < -0.4 is 15.8 Å². The van der Waals surface area contributed by atoms with Crippen molar-refractivity contribution in [2.24, 2.45) is 0 Å². The molecule has 0 fully saturated rings. The molecule has 0 saturated carbocycles. The topological polar surface area (TPSA) is 64.3 Å². The third kappa shape index (κ3) is 3.52. The van der Waals surface area contributed by atoms with E-state index >= 15 is 0 Å². The van der Waals surface area contributed by atoms with Crippen LogP contribution in [-0.4, -0.2) is 19.6 Å². The highest BCUT2D eigenvalue weighted by Gasteiger charge is 2.14. The maximum atomic E-state index is 11.9. The Morgan fingerprint density at radius 3 is 2.76 bits per heavy atom. The summed E-state index contributed by atoms with van der Waals surface area (Å²) in [6.45, 7) is 4.44. The minimum Gasteiger partial charge on any atom is -0.496 e. The number of carbonyl (C=O) groups is 1. The van der Waals surface area contributed by atoms with Gasteiger partial charge in [-0.1, -0.05) is 17.7 Å². The standard InChI is InChI=1S/C13H18N2O2/c1-9(2)7-8-15-13(16)12-10(14)5-4-6-11(12)17-3/h4-7H,8,14H2,1-3H3,(H,15,16). The molecule has 0 radical (unpaired) electrons. The van der Waals surface area contributed by atoms with E-state index in [0.29, 0.717) is 23.5 Å². The van der Waals surface area contributed by atoms with Gasteiger partial charge < -0.3 is 15.8 Å². The van der Waals surface area contributed by atoms with E-state index < -0.39 is 0 Å². The largest absolute Gasteiger partial charge is 0.496 e. The molecule has 0 spiro atoms. The maximum Gasteiger partial charge on any atom is 0.257 e. The Morgan fingerprint density at radius 2 is 2.18 bits per heavy atom. The minimum absolute atomic E-state index is 0.225. The van der Waals surface area contributed by atoms with Crippen molar-refractivity contribution >= 4 is 11.6 Å². The second-order valence-electron chi connectivity index (χ2n) is 3.92. The number of hydrogen-bond acceptors (Lipinski definition) is 3. The summed E-state index contributed by atoms with van der Waals surface area (Å²) in [5.74, 6) is 0.261. The first-order valence-electron chi connectivity index (χ1n) is 5.40. The van der Waals surface area contributed by atoms with E-state index in [1.807, 2.05) is 19.9 Å². The SMILES string of the molecule is COc1cccc(N)c1C(=O)NCC=C(C)C. The van der Waals surface area contributed by atoms with Gasteiger partial charge in [0.05, 0.1) is 7.11 Å². The van der Waals surface area contributed by atoms with E-state index in [1.165, 1.54) is 7.11 Å². The molecule has 0 unspecified atom stereocenters. The van der Waals surface area contributed by atoms with Crippen LogP contribution in [0, 0.1) is 0 Å². The number of nitrogen functional groups attached to an aromatic ring is 1. The summed E-state index contributed by atoms with van der Waals surface area (Å²) in [7, 11) is 1.52. The molecule has 0 bridgehead atoms. The summed E-state index contributed by atoms with van der Waals surface area (Å²) in [6, 6.07) is 5.14. The first-order chi connectivity index (χ1) is 8.06. The van der Waals surface area contributed by atoms with Crippen molar-refractivity contribution in [3.8, 4) is 5.75 Å². The van der Waals surface area contributed by atoms with Crippen LogP contribution in [0.1, 0.15) is 24.2 Å². The third-order valence-electron chi connectivity index (χ3n) is 2.28. The average molecular weight is 234 g/mol. The van der Waals surface area contributed by atoms with Crippen molar-refractivity contribution in [3.05, 3.63) is 35.4 Å². The Bertz CT molecular complexity index is 435. The average Bonchev–Trinajstić information content (AvgIpc) is 2.27. The Morgan fingerprint density at radius 1 is 1.47 bits per heavy atom. The molecule has 0 saturated heterocycles. The van der Waals surface area contributed by atoms with Crippen molar-refractivity contribution in [1.82, 2.24) is 5.32 Å². The zero-order chi connectivity index (χ0) is 12.8. The summed E-state index contributed by atoms with van der Waals surface area (Å²) in [6.07, 6.45) is 1.93. The molecule has 4 heteroatoms. The summed E-state index contributed by atoms with van der Waals surface area (Å²) >= 11 is 0. The van der Waals surface area contributed by atoms with Gasteiger partial charge in [-0.2, -0.15) is 0 Å². The van der Waals surface area contributed by atoms with Crippen molar-refractivity contribution in [2.75, 3.05) is 19.4 Å². The number of benzene rings is 1. The van der Waals surface area contributed by atoms with Crippen LogP contribution in [-0.2, 0) is 0 Å². The summed E-state index contributed by atoms with van der Waals surface area (Å²) in [4.78, 5) is 11.9. The third-order valence-corrected chi connectivity index (χ3v) is 2.28. The number of ether oxygens (including phenoxy) is 1. The highest BCUT2D eigenvalue weighted by atomic mass is 16.5. The second-order valence-corrected chi connectivity index (χ2v) is 3.92. The Hall–Kier alpha value is -1.97. The number of nitrogens with two attached hydrogens (primary N) is 1. The molecule has 1 aromatic rings. The quantitative estimate of drug-likeness (QED) is 0.618. The molecule has 0 aliphatic heterocycles. The van der Waals surface area contributed by atoms with E-state index in [1.54, 1.807) is 18.2 Å². The van der Waals surface area contributed by atoms with E-state index in [9.17, 15) is 4.79 Å². The highest BCUT2D eigenvalue weighted by Crippen LogP contribution is 2.23. The summed E-state index contributed by atoms with van der Waals surface area (Å²) in [5, 5.41) is 2.77. The van der Waals surface area contributed by atoms with Gasteiger partial charge >= 0.3 is 0 Å². The molecular weight excluding hydrogens is 216 g/mol. The molecule has 17 heavy (non-hydrogen) atoms. The number of anilines is 1. The molecule has 1 amide bonds. The maximum absolute atomic E-state index is 11.9. The molecule has 0 aliphatic carbocycles. The predicted molar refractivity (Wildman–Crippen MR) is 69.2 cm³/mol. The van der Waals surface area contributed by atoms with Gasteiger partial charge in [-0.05, 0) is 26.0 Å². The normalized spacial score (nSPS) is 9.59. The lowest BCUT2D eigenvalue weighted by molar-refractivity contribution is 0.0956. The molecule has 1 aromatic carbocycles. The van der Waals surface area contributed by atoms with Crippen LogP contribution in [0.5, 0.6) is 5.75 Å². The Kier molecular flexibility index (Phi) is 4.57. The van der Waals surface area contributed by atoms with E-state index in [2.05, 4.69) is 5.32 Å². The zero-order valence-electron chi connectivity index (χ0n) is 10.4. The number of carbonyl (C=O) groups excluding carboxylic acids is 1. The van der Waals surface area contributed by atoms with Crippen molar-refractivity contribution in [2.45, 2.75) is 13.8 Å².